The first-order valence-corrected chi connectivity index (χ1v) is 8.40. The molecule has 2 aliphatic rings. The van der Waals surface area contributed by atoms with Crippen LogP contribution in [0.5, 0.6) is 5.75 Å². The number of methoxy groups -OCH3 is 1. The number of Topliss-reactive ketones (excluding diaryl/α,β-unsaturated/α-hetero) is 1. The number of hydrogen-bond donors (Lipinski definition) is 0. The number of carbonyl (C=O) groups is 2. The molecular formula is C17H18N2O3S. The number of aliphatic imine (C=N–C) groups is 1. The topological polar surface area (TPSA) is 59.0 Å². The summed E-state index contributed by atoms with van der Waals surface area (Å²) >= 11 is 1.56. The average molecular weight is 330 g/mol. The smallest absolute Gasteiger partial charge is 0.230 e. The fourth-order valence-corrected chi connectivity index (χ4v) is 3.95. The number of nitrogens with zero attached hydrogens (tertiary/aromatic N) is 2. The van der Waals surface area contributed by atoms with Crippen LogP contribution in [0.2, 0.25) is 0 Å². The Morgan fingerprint density at radius 3 is 2.65 bits per heavy atom. The van der Waals surface area contributed by atoms with Crippen LogP contribution in [-0.2, 0) is 9.59 Å². The van der Waals surface area contributed by atoms with Gasteiger partial charge in [-0.25, -0.2) is 4.99 Å². The lowest BCUT2D eigenvalue weighted by atomic mass is 9.92. The minimum absolute atomic E-state index is 0.00886. The van der Waals surface area contributed by atoms with E-state index in [0.717, 1.165) is 17.1 Å². The van der Waals surface area contributed by atoms with Crippen LogP contribution in [0.25, 0.3) is 0 Å². The van der Waals surface area contributed by atoms with E-state index in [2.05, 4.69) is 4.99 Å². The van der Waals surface area contributed by atoms with Gasteiger partial charge in [-0.2, -0.15) is 0 Å². The standard InChI is InChI=1S/C17H18N2O3S/c1-10-15(11(2)20)16(12-4-6-13(22-3)7-5-12)19-14(21)8-9-23-17(19)18-10/h4-7,16H,8-9H2,1-3H3/t16-/m1/s1. The maximum absolute atomic E-state index is 12.5. The van der Waals surface area contributed by atoms with Gasteiger partial charge in [0.1, 0.15) is 5.75 Å². The molecule has 0 aromatic heterocycles. The molecule has 0 spiro atoms. The lowest BCUT2D eigenvalue weighted by molar-refractivity contribution is -0.128. The molecule has 23 heavy (non-hydrogen) atoms. The number of benzene rings is 1. The van der Waals surface area contributed by atoms with E-state index in [1.54, 1.807) is 23.8 Å². The van der Waals surface area contributed by atoms with Gasteiger partial charge in [0.2, 0.25) is 5.91 Å². The SMILES string of the molecule is COc1ccc([C@@H]2C(C(C)=O)=C(C)N=C3SCCC(=O)N32)cc1. The highest BCUT2D eigenvalue weighted by Crippen LogP contribution is 2.40. The maximum atomic E-state index is 12.5. The summed E-state index contributed by atoms with van der Waals surface area (Å²) in [5.74, 6) is 1.42. The van der Waals surface area contributed by atoms with E-state index in [9.17, 15) is 9.59 Å². The molecule has 1 atom stereocenters. The number of carbonyl (C=O) groups excluding carboxylic acids is 2. The molecule has 1 fully saturated rings. The van der Waals surface area contributed by atoms with Crippen molar-refractivity contribution < 1.29 is 14.3 Å². The van der Waals surface area contributed by atoms with Gasteiger partial charge in [0.25, 0.3) is 0 Å². The summed E-state index contributed by atoms with van der Waals surface area (Å²) in [4.78, 5) is 30.8. The summed E-state index contributed by atoms with van der Waals surface area (Å²) in [5.41, 5.74) is 2.15. The van der Waals surface area contributed by atoms with Crippen LogP contribution in [0, 0.1) is 0 Å². The van der Waals surface area contributed by atoms with E-state index in [0.29, 0.717) is 22.9 Å². The maximum Gasteiger partial charge on any atom is 0.230 e. The summed E-state index contributed by atoms with van der Waals surface area (Å²) in [7, 11) is 1.61. The van der Waals surface area contributed by atoms with E-state index >= 15 is 0 Å². The van der Waals surface area contributed by atoms with E-state index in [-0.39, 0.29) is 11.7 Å². The highest BCUT2D eigenvalue weighted by atomic mass is 32.2. The highest BCUT2D eigenvalue weighted by Gasteiger charge is 2.39. The number of allylic oxidation sites excluding steroid dienone is 1. The number of rotatable bonds is 3. The molecule has 0 saturated carbocycles. The van der Waals surface area contributed by atoms with E-state index in [1.807, 2.05) is 31.2 Å². The Morgan fingerprint density at radius 2 is 2.04 bits per heavy atom. The summed E-state index contributed by atoms with van der Waals surface area (Å²) < 4.78 is 5.19. The van der Waals surface area contributed by atoms with Crippen LogP contribution in [0.3, 0.4) is 0 Å². The second-order valence-electron chi connectivity index (χ2n) is 5.49. The van der Waals surface area contributed by atoms with Gasteiger partial charge in [0.15, 0.2) is 11.0 Å². The number of ether oxygens (including phenoxy) is 1. The van der Waals surface area contributed by atoms with Gasteiger partial charge in [-0.05, 0) is 31.5 Å². The van der Waals surface area contributed by atoms with Gasteiger partial charge in [-0.1, -0.05) is 23.9 Å². The van der Waals surface area contributed by atoms with Gasteiger partial charge in [-0.15, -0.1) is 0 Å². The molecule has 1 aromatic rings. The third-order valence-electron chi connectivity index (χ3n) is 4.02. The van der Waals surface area contributed by atoms with Crippen molar-refractivity contribution in [2.75, 3.05) is 12.9 Å². The number of fused-ring (bicyclic) bond motifs is 1. The molecule has 3 rings (SSSR count). The Balaban J connectivity index is 2.13. The van der Waals surface area contributed by atoms with Crippen molar-refractivity contribution in [1.82, 2.24) is 4.90 Å². The summed E-state index contributed by atoms with van der Waals surface area (Å²) in [6.07, 6.45) is 0.459. The fourth-order valence-electron chi connectivity index (χ4n) is 2.95. The molecule has 1 saturated heterocycles. The number of ketones is 1. The van der Waals surface area contributed by atoms with Gasteiger partial charge >= 0.3 is 0 Å². The minimum Gasteiger partial charge on any atom is -0.497 e. The van der Waals surface area contributed by atoms with E-state index in [1.165, 1.54) is 6.92 Å². The molecule has 0 radical (unpaired) electrons. The van der Waals surface area contributed by atoms with Crippen molar-refractivity contribution in [3.8, 4) is 5.75 Å². The predicted octanol–water partition coefficient (Wildman–Crippen LogP) is 2.93. The molecule has 0 bridgehead atoms. The molecular weight excluding hydrogens is 312 g/mol. The van der Waals surface area contributed by atoms with Crippen LogP contribution < -0.4 is 4.74 Å². The first-order valence-electron chi connectivity index (χ1n) is 7.42. The number of amidine groups is 1. The number of amides is 1. The molecule has 2 aliphatic heterocycles. The van der Waals surface area contributed by atoms with Crippen molar-refractivity contribution >= 4 is 28.6 Å². The van der Waals surface area contributed by atoms with Gasteiger partial charge in [-0.3, -0.25) is 14.5 Å². The van der Waals surface area contributed by atoms with Crippen molar-refractivity contribution in [2.24, 2.45) is 4.99 Å². The molecule has 2 heterocycles. The monoisotopic (exact) mass is 330 g/mol. The third-order valence-corrected chi connectivity index (χ3v) is 4.97. The van der Waals surface area contributed by atoms with E-state index in [4.69, 9.17) is 4.74 Å². The first-order chi connectivity index (χ1) is 11.0. The van der Waals surface area contributed by atoms with Crippen molar-refractivity contribution in [1.29, 1.82) is 0 Å². The molecule has 1 aromatic carbocycles. The molecule has 6 heteroatoms. The van der Waals surface area contributed by atoms with Gasteiger partial charge < -0.3 is 4.74 Å². The molecule has 0 unspecified atom stereocenters. The molecule has 0 aliphatic carbocycles. The normalized spacial score (nSPS) is 21.0. The number of thioether (sulfide) groups is 1. The zero-order valence-corrected chi connectivity index (χ0v) is 14.1. The molecule has 5 nitrogen and oxygen atoms in total. The van der Waals surface area contributed by atoms with Crippen LogP contribution in [-0.4, -0.2) is 34.6 Å². The van der Waals surface area contributed by atoms with Crippen molar-refractivity contribution in [2.45, 2.75) is 26.3 Å². The Labute approximate surface area is 139 Å². The Bertz CT molecular complexity index is 722. The second-order valence-corrected chi connectivity index (χ2v) is 6.55. The zero-order chi connectivity index (χ0) is 16.6. The lowest BCUT2D eigenvalue weighted by Crippen LogP contribution is -2.45. The van der Waals surface area contributed by atoms with Crippen LogP contribution in [0.4, 0.5) is 0 Å². The zero-order valence-electron chi connectivity index (χ0n) is 13.3. The van der Waals surface area contributed by atoms with Crippen molar-refractivity contribution in [3.05, 3.63) is 41.1 Å². The second kappa shape index (κ2) is 6.20. The van der Waals surface area contributed by atoms with Crippen LogP contribution in [0.1, 0.15) is 31.9 Å². The Hall–Kier alpha value is -2.08. The summed E-state index contributed by atoms with van der Waals surface area (Å²) in [5, 5.41) is 0.685. The molecule has 0 N–H and O–H groups in total. The lowest BCUT2D eigenvalue weighted by Gasteiger charge is -2.39. The van der Waals surface area contributed by atoms with Crippen molar-refractivity contribution in [3.63, 3.8) is 0 Å². The van der Waals surface area contributed by atoms with E-state index < -0.39 is 6.04 Å². The van der Waals surface area contributed by atoms with Crippen LogP contribution in [0.15, 0.2) is 40.5 Å². The minimum atomic E-state index is -0.411. The molecule has 120 valence electrons. The summed E-state index contributed by atoms with van der Waals surface area (Å²) in [6, 6.07) is 7.07. The summed E-state index contributed by atoms with van der Waals surface area (Å²) in [6.45, 7) is 3.36. The molecule has 1 amide bonds. The first kappa shape index (κ1) is 15.8. The Morgan fingerprint density at radius 1 is 1.35 bits per heavy atom. The third kappa shape index (κ3) is 2.79. The average Bonchev–Trinajstić information content (AvgIpc) is 2.53. The largest absolute Gasteiger partial charge is 0.497 e. The van der Waals surface area contributed by atoms with Gasteiger partial charge in [0.05, 0.1) is 13.2 Å². The highest BCUT2D eigenvalue weighted by molar-refractivity contribution is 8.14. The quantitative estimate of drug-likeness (QED) is 0.855. The van der Waals surface area contributed by atoms with Gasteiger partial charge in [0, 0.05) is 23.4 Å². The van der Waals surface area contributed by atoms with Crippen LogP contribution >= 0.6 is 11.8 Å². The Kier molecular flexibility index (Phi) is 4.26. The number of hydrogen-bond acceptors (Lipinski definition) is 5. The predicted molar refractivity (Wildman–Crippen MR) is 90.5 cm³/mol. The fraction of sp³-hybridized carbons (Fsp3) is 0.353.